The predicted molar refractivity (Wildman–Crippen MR) is 97.2 cm³/mol. The number of carbonyl (C=O) groups excluding carboxylic acids is 1. The van der Waals surface area contributed by atoms with Crippen LogP contribution in [0, 0.1) is 5.92 Å². The Kier molecular flexibility index (Phi) is 11.5. The van der Waals surface area contributed by atoms with E-state index in [1.54, 1.807) is 0 Å². The van der Waals surface area contributed by atoms with Crippen LogP contribution >= 0.6 is 24.8 Å². The second kappa shape index (κ2) is 11.5. The summed E-state index contributed by atoms with van der Waals surface area (Å²) in [4.78, 5) is 16.8. The van der Waals surface area contributed by atoms with E-state index in [-0.39, 0.29) is 24.8 Å². The van der Waals surface area contributed by atoms with E-state index in [1.165, 1.54) is 12.8 Å². The molecule has 0 bridgehead atoms. The molecule has 4 nitrogen and oxygen atoms in total. The lowest BCUT2D eigenvalue weighted by molar-refractivity contribution is -0.133. The third kappa shape index (κ3) is 6.61. The predicted octanol–water partition coefficient (Wildman–Crippen LogP) is 2.55. The van der Waals surface area contributed by atoms with E-state index in [2.05, 4.69) is 17.1 Å². The Morgan fingerprint density at radius 1 is 1.14 bits per heavy atom. The second-order valence-corrected chi connectivity index (χ2v) is 6.40. The first-order valence-electron chi connectivity index (χ1n) is 8.39. The van der Waals surface area contributed by atoms with Gasteiger partial charge in [-0.2, -0.15) is 0 Å². The maximum Gasteiger partial charge on any atom is 0.222 e. The summed E-state index contributed by atoms with van der Waals surface area (Å²) < 4.78 is 0. The quantitative estimate of drug-likeness (QED) is 0.824. The first-order chi connectivity index (χ1) is 9.70. The number of amides is 1. The summed E-state index contributed by atoms with van der Waals surface area (Å²) in [6, 6.07) is 0.471. The number of likely N-dealkylation sites (tertiary alicyclic amines) is 1. The van der Waals surface area contributed by atoms with E-state index < -0.39 is 0 Å². The van der Waals surface area contributed by atoms with Crippen LogP contribution in [0.15, 0.2) is 0 Å². The zero-order valence-electron chi connectivity index (χ0n) is 14.1. The first kappa shape index (κ1) is 22.0. The zero-order chi connectivity index (χ0) is 14.4. The van der Waals surface area contributed by atoms with Crippen LogP contribution in [-0.2, 0) is 4.79 Å². The molecule has 132 valence electrons. The van der Waals surface area contributed by atoms with Crippen molar-refractivity contribution in [2.24, 2.45) is 5.92 Å². The molecular formula is C16H33Cl2N3O. The summed E-state index contributed by atoms with van der Waals surface area (Å²) in [7, 11) is 2.01. The van der Waals surface area contributed by atoms with Crippen LogP contribution in [-0.4, -0.2) is 61.5 Å². The third-order valence-corrected chi connectivity index (χ3v) is 5.17. The normalized spacial score (nSPS) is 20.8. The molecule has 1 amide bonds. The summed E-state index contributed by atoms with van der Waals surface area (Å²) in [5.74, 6) is 1.12. The van der Waals surface area contributed by atoms with Crippen molar-refractivity contribution in [1.29, 1.82) is 0 Å². The summed E-state index contributed by atoms with van der Waals surface area (Å²) in [5, 5.41) is 3.39. The van der Waals surface area contributed by atoms with Gasteiger partial charge in [0.2, 0.25) is 5.91 Å². The van der Waals surface area contributed by atoms with Crippen LogP contribution in [0.5, 0.6) is 0 Å². The third-order valence-electron chi connectivity index (χ3n) is 5.17. The summed E-state index contributed by atoms with van der Waals surface area (Å²) in [6.07, 6.45) is 6.60. The molecule has 0 aromatic rings. The molecule has 22 heavy (non-hydrogen) atoms. The van der Waals surface area contributed by atoms with Gasteiger partial charge >= 0.3 is 0 Å². The minimum Gasteiger partial charge on any atom is -0.343 e. The van der Waals surface area contributed by atoms with Gasteiger partial charge in [-0.25, -0.2) is 0 Å². The molecule has 0 aromatic heterocycles. The molecule has 0 saturated carbocycles. The number of piperidine rings is 2. The van der Waals surface area contributed by atoms with Gasteiger partial charge in [0, 0.05) is 32.6 Å². The van der Waals surface area contributed by atoms with Crippen LogP contribution < -0.4 is 5.32 Å². The molecule has 2 fully saturated rings. The summed E-state index contributed by atoms with van der Waals surface area (Å²) >= 11 is 0. The molecule has 0 spiro atoms. The average molecular weight is 354 g/mol. The molecule has 2 aliphatic heterocycles. The monoisotopic (exact) mass is 353 g/mol. The first-order valence-corrected chi connectivity index (χ1v) is 8.39. The highest BCUT2D eigenvalue weighted by Crippen LogP contribution is 2.20. The lowest BCUT2D eigenvalue weighted by Crippen LogP contribution is -2.45. The Morgan fingerprint density at radius 2 is 1.73 bits per heavy atom. The van der Waals surface area contributed by atoms with Crippen molar-refractivity contribution in [2.75, 3.05) is 39.8 Å². The number of carbonyl (C=O) groups is 1. The van der Waals surface area contributed by atoms with Gasteiger partial charge in [0.15, 0.2) is 0 Å². The molecule has 2 heterocycles. The molecule has 0 aromatic carbocycles. The number of hydrogen-bond donors (Lipinski definition) is 1. The van der Waals surface area contributed by atoms with E-state index in [9.17, 15) is 4.79 Å². The molecular weight excluding hydrogens is 321 g/mol. The SMILES string of the molecule is CCN1CCC(N(C)C(=O)CCC2CCNCC2)CC1.Cl.Cl. The molecule has 0 aliphatic carbocycles. The molecule has 0 radical (unpaired) electrons. The van der Waals surface area contributed by atoms with Crippen LogP contribution in [0.25, 0.3) is 0 Å². The van der Waals surface area contributed by atoms with Crippen molar-refractivity contribution in [1.82, 2.24) is 15.1 Å². The molecule has 0 unspecified atom stereocenters. The average Bonchev–Trinajstić information content (AvgIpc) is 2.53. The highest BCUT2D eigenvalue weighted by Gasteiger charge is 2.25. The van der Waals surface area contributed by atoms with Crippen molar-refractivity contribution in [3.63, 3.8) is 0 Å². The molecule has 2 aliphatic rings. The minimum absolute atomic E-state index is 0. The van der Waals surface area contributed by atoms with Crippen molar-refractivity contribution in [3.8, 4) is 0 Å². The Hall–Kier alpha value is -0.0300. The van der Waals surface area contributed by atoms with E-state index in [4.69, 9.17) is 0 Å². The fourth-order valence-corrected chi connectivity index (χ4v) is 3.50. The number of nitrogens with zero attached hydrogens (tertiary/aromatic N) is 2. The number of nitrogens with one attached hydrogen (secondary N) is 1. The van der Waals surface area contributed by atoms with Gasteiger partial charge in [0.1, 0.15) is 0 Å². The zero-order valence-corrected chi connectivity index (χ0v) is 15.7. The maximum absolute atomic E-state index is 12.3. The van der Waals surface area contributed by atoms with Gasteiger partial charge in [-0.05, 0) is 57.7 Å². The van der Waals surface area contributed by atoms with E-state index >= 15 is 0 Å². The number of rotatable bonds is 5. The van der Waals surface area contributed by atoms with Crippen LogP contribution in [0.1, 0.15) is 45.4 Å². The lowest BCUT2D eigenvalue weighted by atomic mass is 9.92. The van der Waals surface area contributed by atoms with Crippen molar-refractivity contribution in [3.05, 3.63) is 0 Å². The van der Waals surface area contributed by atoms with Gasteiger partial charge in [-0.1, -0.05) is 6.92 Å². The van der Waals surface area contributed by atoms with Crippen molar-refractivity contribution < 1.29 is 4.79 Å². The van der Waals surface area contributed by atoms with Gasteiger partial charge in [0.05, 0.1) is 0 Å². The smallest absolute Gasteiger partial charge is 0.222 e. The van der Waals surface area contributed by atoms with Crippen LogP contribution in [0.2, 0.25) is 0 Å². The second-order valence-electron chi connectivity index (χ2n) is 6.40. The summed E-state index contributed by atoms with van der Waals surface area (Å²) in [6.45, 7) is 7.91. The molecule has 2 saturated heterocycles. The van der Waals surface area contributed by atoms with Crippen molar-refractivity contribution >= 4 is 30.7 Å². The molecule has 2 rings (SSSR count). The number of hydrogen-bond acceptors (Lipinski definition) is 3. The van der Waals surface area contributed by atoms with Crippen LogP contribution in [0.3, 0.4) is 0 Å². The van der Waals surface area contributed by atoms with Gasteiger partial charge in [0.25, 0.3) is 0 Å². The standard InChI is InChI=1S/C16H31N3O.2ClH/c1-3-19-12-8-15(9-13-19)18(2)16(20)5-4-14-6-10-17-11-7-14;;/h14-15,17H,3-13H2,1-2H3;2*1H. The number of halogens is 2. The van der Waals surface area contributed by atoms with E-state index in [0.29, 0.717) is 11.9 Å². The summed E-state index contributed by atoms with van der Waals surface area (Å²) in [5.41, 5.74) is 0. The van der Waals surface area contributed by atoms with Crippen LogP contribution in [0.4, 0.5) is 0 Å². The van der Waals surface area contributed by atoms with Crippen molar-refractivity contribution in [2.45, 2.75) is 51.5 Å². The fourth-order valence-electron chi connectivity index (χ4n) is 3.50. The van der Waals surface area contributed by atoms with E-state index in [1.807, 2.05) is 11.9 Å². The fraction of sp³-hybridized carbons (Fsp3) is 0.938. The lowest BCUT2D eigenvalue weighted by Gasteiger charge is -2.36. The Labute approximate surface area is 148 Å². The highest BCUT2D eigenvalue weighted by atomic mass is 35.5. The molecule has 1 N–H and O–H groups in total. The minimum atomic E-state index is 0. The van der Waals surface area contributed by atoms with E-state index in [0.717, 1.165) is 64.3 Å². The highest BCUT2D eigenvalue weighted by molar-refractivity contribution is 5.85. The Bertz CT molecular complexity index is 304. The maximum atomic E-state index is 12.3. The Balaban J connectivity index is 0.00000220. The molecule has 6 heteroatoms. The van der Waals surface area contributed by atoms with Gasteiger partial charge < -0.3 is 15.1 Å². The molecule has 0 atom stereocenters. The largest absolute Gasteiger partial charge is 0.343 e. The van der Waals surface area contributed by atoms with Gasteiger partial charge in [-0.15, -0.1) is 24.8 Å². The Morgan fingerprint density at radius 3 is 2.27 bits per heavy atom. The topological polar surface area (TPSA) is 35.6 Å². The van der Waals surface area contributed by atoms with Gasteiger partial charge in [-0.3, -0.25) is 4.79 Å².